The fourth-order valence-electron chi connectivity index (χ4n) is 3.29. The Morgan fingerprint density at radius 2 is 1.72 bits per heavy atom. The molecule has 0 spiro atoms. The van der Waals surface area contributed by atoms with E-state index in [1.165, 1.54) is 16.2 Å². The maximum absolute atomic E-state index is 13.3. The molecule has 2 amide bonds. The summed E-state index contributed by atoms with van der Waals surface area (Å²) in [5.41, 5.74) is 2.95. The molecule has 0 radical (unpaired) electrons. The summed E-state index contributed by atoms with van der Waals surface area (Å²) in [6.45, 7) is 2.06. The van der Waals surface area contributed by atoms with Gasteiger partial charge >= 0.3 is 0 Å². The van der Waals surface area contributed by atoms with Crippen LogP contribution in [0.25, 0.3) is 5.57 Å². The van der Waals surface area contributed by atoms with Gasteiger partial charge in [-0.3, -0.25) is 9.59 Å². The fraction of sp³-hybridized carbons (Fsp3) is 0.130. The first-order valence-corrected chi connectivity index (χ1v) is 10.2. The molecule has 0 bridgehead atoms. The highest BCUT2D eigenvalue weighted by atomic mass is 32.1. The summed E-state index contributed by atoms with van der Waals surface area (Å²) < 4.78 is 5.39. The first-order chi connectivity index (χ1) is 14.1. The lowest BCUT2D eigenvalue weighted by atomic mass is 10.1. The van der Waals surface area contributed by atoms with Gasteiger partial charge in [-0.05, 0) is 47.7 Å². The van der Waals surface area contributed by atoms with E-state index in [2.05, 4.69) is 12.2 Å². The van der Waals surface area contributed by atoms with Gasteiger partial charge in [0.1, 0.15) is 11.4 Å². The number of methoxy groups -OCH3 is 1. The molecule has 4 rings (SSSR count). The Hall–Kier alpha value is -3.38. The summed E-state index contributed by atoms with van der Waals surface area (Å²) >= 11 is 1.42. The number of amides is 2. The van der Waals surface area contributed by atoms with Gasteiger partial charge in [-0.25, -0.2) is 4.90 Å². The van der Waals surface area contributed by atoms with E-state index < -0.39 is 0 Å². The highest BCUT2D eigenvalue weighted by Crippen LogP contribution is 2.37. The van der Waals surface area contributed by atoms with Crippen LogP contribution >= 0.6 is 11.3 Å². The van der Waals surface area contributed by atoms with Crippen molar-refractivity contribution in [2.75, 3.05) is 17.3 Å². The number of ether oxygens (including phenoxy) is 1. The number of carbonyl (C=O) groups excluding carboxylic acids is 2. The summed E-state index contributed by atoms with van der Waals surface area (Å²) in [5, 5.41) is 5.04. The number of benzene rings is 2. The predicted octanol–water partition coefficient (Wildman–Crippen LogP) is 4.72. The van der Waals surface area contributed by atoms with Gasteiger partial charge in [-0.15, -0.1) is 11.3 Å². The average Bonchev–Trinajstić information content (AvgIpc) is 3.35. The number of thiophene rings is 1. The van der Waals surface area contributed by atoms with Gasteiger partial charge in [-0.2, -0.15) is 0 Å². The van der Waals surface area contributed by atoms with Crippen LogP contribution in [0.5, 0.6) is 5.75 Å². The highest BCUT2D eigenvalue weighted by molar-refractivity contribution is 7.11. The first-order valence-electron chi connectivity index (χ1n) is 9.30. The number of carbonyl (C=O) groups is 2. The Kier molecular flexibility index (Phi) is 5.18. The third kappa shape index (κ3) is 3.43. The summed E-state index contributed by atoms with van der Waals surface area (Å²) in [5.74, 6) is -0.121. The van der Waals surface area contributed by atoms with Gasteiger partial charge < -0.3 is 10.1 Å². The molecule has 5 nitrogen and oxygen atoms in total. The summed E-state index contributed by atoms with van der Waals surface area (Å²) in [7, 11) is 1.57. The van der Waals surface area contributed by atoms with Crippen LogP contribution in [0, 0.1) is 0 Å². The summed E-state index contributed by atoms with van der Waals surface area (Å²) in [4.78, 5) is 28.6. The second-order valence-electron chi connectivity index (χ2n) is 6.52. The van der Waals surface area contributed by atoms with E-state index in [1.54, 1.807) is 13.2 Å². The van der Waals surface area contributed by atoms with Gasteiger partial charge in [0.15, 0.2) is 0 Å². The minimum atomic E-state index is -0.381. The molecule has 146 valence electrons. The number of imide groups is 1. The number of anilines is 2. The van der Waals surface area contributed by atoms with E-state index in [4.69, 9.17) is 4.74 Å². The van der Waals surface area contributed by atoms with Crippen LogP contribution in [0.15, 0.2) is 71.7 Å². The zero-order valence-electron chi connectivity index (χ0n) is 16.1. The van der Waals surface area contributed by atoms with E-state index in [-0.39, 0.29) is 17.5 Å². The Labute approximate surface area is 173 Å². The van der Waals surface area contributed by atoms with Crippen LogP contribution in [0.2, 0.25) is 0 Å². The lowest BCUT2D eigenvalue weighted by Crippen LogP contribution is -2.32. The molecule has 1 aromatic heterocycles. The molecule has 0 aliphatic carbocycles. The molecule has 2 aromatic carbocycles. The predicted molar refractivity (Wildman–Crippen MR) is 116 cm³/mol. The number of para-hydroxylation sites is 2. The second kappa shape index (κ2) is 7.93. The maximum atomic E-state index is 13.3. The highest BCUT2D eigenvalue weighted by Gasteiger charge is 2.40. The maximum Gasteiger partial charge on any atom is 0.282 e. The van der Waals surface area contributed by atoms with Gasteiger partial charge in [0, 0.05) is 4.88 Å². The molecule has 0 fully saturated rings. The molecular formula is C23H20N2O3S. The number of hydrogen-bond acceptors (Lipinski definition) is 5. The van der Waals surface area contributed by atoms with Gasteiger partial charge in [-0.1, -0.05) is 37.3 Å². The molecule has 0 saturated heterocycles. The van der Waals surface area contributed by atoms with E-state index in [1.807, 2.05) is 60.0 Å². The van der Waals surface area contributed by atoms with E-state index in [9.17, 15) is 9.59 Å². The minimum Gasteiger partial charge on any atom is -0.495 e. The number of rotatable bonds is 6. The third-order valence-corrected chi connectivity index (χ3v) is 5.71. The van der Waals surface area contributed by atoms with Gasteiger partial charge in [0.25, 0.3) is 11.8 Å². The average molecular weight is 404 g/mol. The quantitative estimate of drug-likeness (QED) is 0.604. The molecule has 0 saturated carbocycles. The van der Waals surface area contributed by atoms with Crippen molar-refractivity contribution in [3.05, 3.63) is 82.2 Å². The molecule has 1 aliphatic heterocycles. The Balaban J connectivity index is 1.78. The fourth-order valence-corrected chi connectivity index (χ4v) is 4.06. The smallest absolute Gasteiger partial charge is 0.282 e. The molecule has 0 atom stereocenters. The standard InChI is InChI=1S/C23H20N2O3S/c1-3-15-10-12-16(13-11-15)25-22(26)20(19-9-6-14-29-19)21(23(25)27)24-17-7-4-5-8-18(17)28-2/h4-14,24H,3H2,1-2H3. The van der Waals surface area contributed by atoms with Crippen molar-refractivity contribution in [2.24, 2.45) is 0 Å². The van der Waals surface area contributed by atoms with Crippen LogP contribution in [-0.2, 0) is 16.0 Å². The van der Waals surface area contributed by atoms with Crippen molar-refractivity contribution in [3.8, 4) is 5.75 Å². The van der Waals surface area contributed by atoms with Crippen molar-refractivity contribution in [2.45, 2.75) is 13.3 Å². The van der Waals surface area contributed by atoms with Crippen molar-refractivity contribution < 1.29 is 14.3 Å². The molecule has 6 heteroatoms. The Morgan fingerprint density at radius 3 is 2.38 bits per heavy atom. The normalized spacial score (nSPS) is 13.9. The largest absolute Gasteiger partial charge is 0.495 e. The van der Waals surface area contributed by atoms with Gasteiger partial charge in [0.05, 0.1) is 24.1 Å². The topological polar surface area (TPSA) is 58.6 Å². The minimum absolute atomic E-state index is 0.251. The summed E-state index contributed by atoms with van der Waals surface area (Å²) in [6, 6.07) is 18.5. The number of nitrogens with zero attached hydrogens (tertiary/aromatic N) is 1. The third-order valence-electron chi connectivity index (χ3n) is 4.82. The van der Waals surface area contributed by atoms with Crippen LogP contribution in [0.4, 0.5) is 11.4 Å². The van der Waals surface area contributed by atoms with Crippen LogP contribution in [-0.4, -0.2) is 18.9 Å². The van der Waals surface area contributed by atoms with Crippen molar-refractivity contribution in [1.29, 1.82) is 0 Å². The van der Waals surface area contributed by atoms with Crippen molar-refractivity contribution >= 4 is 40.1 Å². The van der Waals surface area contributed by atoms with Gasteiger partial charge in [0.2, 0.25) is 0 Å². The number of nitrogens with one attached hydrogen (secondary N) is 1. The number of aryl methyl sites for hydroxylation is 1. The van der Waals surface area contributed by atoms with Crippen molar-refractivity contribution in [3.63, 3.8) is 0 Å². The molecule has 2 heterocycles. The number of hydrogen-bond donors (Lipinski definition) is 1. The molecule has 0 unspecified atom stereocenters. The Bertz CT molecular complexity index is 1090. The lowest BCUT2D eigenvalue weighted by Gasteiger charge is -2.16. The Morgan fingerprint density at radius 1 is 0.966 bits per heavy atom. The first kappa shape index (κ1) is 19.0. The molecule has 1 N–H and O–H groups in total. The van der Waals surface area contributed by atoms with Crippen molar-refractivity contribution in [1.82, 2.24) is 0 Å². The molecule has 29 heavy (non-hydrogen) atoms. The van der Waals surface area contributed by atoms with E-state index in [0.717, 1.165) is 16.9 Å². The lowest BCUT2D eigenvalue weighted by molar-refractivity contribution is -0.120. The molecular weight excluding hydrogens is 384 g/mol. The summed E-state index contributed by atoms with van der Waals surface area (Å²) in [6.07, 6.45) is 0.890. The second-order valence-corrected chi connectivity index (χ2v) is 7.47. The van der Waals surface area contributed by atoms with Crippen LogP contribution in [0.3, 0.4) is 0 Å². The molecule has 1 aliphatic rings. The zero-order valence-corrected chi connectivity index (χ0v) is 17.0. The monoisotopic (exact) mass is 404 g/mol. The SMILES string of the molecule is CCc1ccc(N2C(=O)C(Nc3ccccc3OC)=C(c3cccs3)C2=O)cc1. The van der Waals surface area contributed by atoms with E-state index >= 15 is 0 Å². The van der Waals surface area contributed by atoms with Crippen LogP contribution < -0.4 is 15.0 Å². The van der Waals surface area contributed by atoms with E-state index in [0.29, 0.717) is 22.7 Å². The zero-order chi connectivity index (χ0) is 20.4. The van der Waals surface area contributed by atoms with Crippen LogP contribution in [0.1, 0.15) is 17.4 Å². The molecule has 3 aromatic rings.